The van der Waals surface area contributed by atoms with Crippen LogP contribution >= 0.6 is 0 Å². The molecule has 0 unspecified atom stereocenters. The fraction of sp³-hybridized carbons (Fsp3) is 0.462. The summed E-state index contributed by atoms with van der Waals surface area (Å²) in [4.78, 5) is 13.8. The van der Waals surface area contributed by atoms with Crippen LogP contribution in [0.25, 0.3) is 0 Å². The van der Waals surface area contributed by atoms with Gasteiger partial charge in [-0.25, -0.2) is 0 Å². The lowest BCUT2D eigenvalue weighted by atomic mass is 9.92. The molecule has 0 spiro atoms. The van der Waals surface area contributed by atoms with Crippen LogP contribution in [0.1, 0.15) is 19.4 Å². The average molecular weight is 220 g/mol. The minimum atomic E-state index is -0.483. The van der Waals surface area contributed by atoms with Gasteiger partial charge in [-0.2, -0.15) is 0 Å². The third-order valence-corrected chi connectivity index (χ3v) is 2.70. The van der Waals surface area contributed by atoms with Crippen molar-refractivity contribution in [3.8, 4) is 0 Å². The van der Waals surface area contributed by atoms with Crippen LogP contribution in [0.3, 0.4) is 0 Å². The van der Waals surface area contributed by atoms with Crippen LogP contribution in [-0.2, 0) is 11.3 Å². The van der Waals surface area contributed by atoms with E-state index < -0.39 is 5.41 Å². The summed E-state index contributed by atoms with van der Waals surface area (Å²) in [5.41, 5.74) is 6.24. The summed E-state index contributed by atoms with van der Waals surface area (Å²) >= 11 is 0. The minimum Gasteiger partial charge on any atom is -0.341 e. The van der Waals surface area contributed by atoms with E-state index in [2.05, 4.69) is 0 Å². The predicted molar refractivity (Wildman–Crippen MR) is 65.8 cm³/mol. The van der Waals surface area contributed by atoms with E-state index >= 15 is 0 Å². The van der Waals surface area contributed by atoms with E-state index in [-0.39, 0.29) is 5.91 Å². The van der Waals surface area contributed by atoms with Crippen LogP contribution in [-0.4, -0.2) is 24.4 Å². The van der Waals surface area contributed by atoms with E-state index in [0.29, 0.717) is 13.1 Å². The fourth-order valence-electron chi connectivity index (χ4n) is 1.53. The predicted octanol–water partition coefficient (Wildman–Crippen LogP) is 1.63. The van der Waals surface area contributed by atoms with E-state index in [9.17, 15) is 4.79 Å². The lowest BCUT2D eigenvalue weighted by molar-refractivity contribution is -0.139. The lowest BCUT2D eigenvalue weighted by Crippen LogP contribution is -2.42. The number of hydrogen-bond acceptors (Lipinski definition) is 2. The lowest BCUT2D eigenvalue weighted by Gasteiger charge is -2.28. The monoisotopic (exact) mass is 220 g/mol. The molecule has 1 amide bonds. The Labute approximate surface area is 97.2 Å². The van der Waals surface area contributed by atoms with Gasteiger partial charge >= 0.3 is 0 Å². The van der Waals surface area contributed by atoms with E-state index in [1.165, 1.54) is 0 Å². The van der Waals surface area contributed by atoms with Gasteiger partial charge in [-0.3, -0.25) is 4.79 Å². The molecule has 0 aliphatic heterocycles. The smallest absolute Gasteiger partial charge is 0.229 e. The van der Waals surface area contributed by atoms with Gasteiger partial charge in [-0.05, 0) is 19.4 Å². The van der Waals surface area contributed by atoms with Crippen LogP contribution in [0.4, 0.5) is 0 Å². The summed E-state index contributed by atoms with van der Waals surface area (Å²) in [6, 6.07) is 9.94. The Bertz CT molecular complexity index is 346. The molecule has 0 aliphatic rings. The second kappa shape index (κ2) is 5.12. The number of nitrogens with zero attached hydrogens (tertiary/aromatic N) is 1. The Hall–Kier alpha value is -1.35. The maximum atomic E-state index is 12.0. The number of amides is 1. The van der Waals surface area contributed by atoms with Crippen LogP contribution in [0.2, 0.25) is 0 Å². The zero-order chi connectivity index (χ0) is 12.2. The minimum absolute atomic E-state index is 0.0823. The SMILES string of the molecule is CN(Cc1ccccc1)C(=O)C(C)(C)CN. The van der Waals surface area contributed by atoms with Crippen molar-refractivity contribution >= 4 is 5.91 Å². The molecule has 3 nitrogen and oxygen atoms in total. The summed E-state index contributed by atoms with van der Waals surface area (Å²) in [6.07, 6.45) is 0. The van der Waals surface area contributed by atoms with Gasteiger partial charge in [0.2, 0.25) is 5.91 Å². The van der Waals surface area contributed by atoms with Crippen molar-refractivity contribution in [3.05, 3.63) is 35.9 Å². The molecule has 0 aliphatic carbocycles. The molecule has 1 rings (SSSR count). The molecule has 1 aromatic carbocycles. The second-order valence-corrected chi connectivity index (χ2v) is 4.73. The summed E-state index contributed by atoms with van der Waals surface area (Å²) in [5.74, 6) is 0.0823. The van der Waals surface area contributed by atoms with Gasteiger partial charge in [0.1, 0.15) is 0 Å². The number of carbonyl (C=O) groups is 1. The molecule has 1 aromatic rings. The highest BCUT2D eigenvalue weighted by Gasteiger charge is 2.28. The highest BCUT2D eigenvalue weighted by molar-refractivity contribution is 5.81. The largest absolute Gasteiger partial charge is 0.341 e. The van der Waals surface area contributed by atoms with Crippen LogP contribution < -0.4 is 5.73 Å². The Kier molecular flexibility index (Phi) is 4.07. The van der Waals surface area contributed by atoms with Gasteiger partial charge in [0, 0.05) is 20.1 Å². The average Bonchev–Trinajstić information content (AvgIpc) is 2.29. The van der Waals surface area contributed by atoms with Crippen molar-refractivity contribution < 1.29 is 4.79 Å². The van der Waals surface area contributed by atoms with Crippen molar-refractivity contribution in [3.63, 3.8) is 0 Å². The summed E-state index contributed by atoms with van der Waals surface area (Å²) < 4.78 is 0. The summed E-state index contributed by atoms with van der Waals surface area (Å²) in [5, 5.41) is 0. The molecular formula is C13H20N2O. The molecule has 0 bridgehead atoms. The van der Waals surface area contributed by atoms with E-state index in [4.69, 9.17) is 5.73 Å². The standard InChI is InChI=1S/C13H20N2O/c1-13(2,10-14)12(16)15(3)9-11-7-5-4-6-8-11/h4-8H,9-10,14H2,1-3H3. The van der Waals surface area contributed by atoms with E-state index in [1.807, 2.05) is 51.2 Å². The third kappa shape index (κ3) is 3.07. The first-order chi connectivity index (χ1) is 7.47. The summed E-state index contributed by atoms with van der Waals surface area (Å²) in [6.45, 7) is 4.74. The molecular weight excluding hydrogens is 200 g/mol. The number of benzene rings is 1. The zero-order valence-corrected chi connectivity index (χ0v) is 10.2. The zero-order valence-electron chi connectivity index (χ0n) is 10.2. The Balaban J connectivity index is 2.66. The molecule has 0 saturated heterocycles. The van der Waals surface area contributed by atoms with Gasteiger partial charge in [-0.1, -0.05) is 30.3 Å². The van der Waals surface area contributed by atoms with Gasteiger partial charge in [0.25, 0.3) is 0 Å². The van der Waals surface area contributed by atoms with Crippen molar-refractivity contribution in [2.75, 3.05) is 13.6 Å². The van der Waals surface area contributed by atoms with E-state index in [1.54, 1.807) is 4.90 Å². The van der Waals surface area contributed by atoms with Crippen LogP contribution in [0, 0.1) is 5.41 Å². The number of hydrogen-bond donors (Lipinski definition) is 1. The van der Waals surface area contributed by atoms with Gasteiger partial charge in [-0.15, -0.1) is 0 Å². The number of nitrogens with two attached hydrogens (primary N) is 1. The molecule has 0 fully saturated rings. The molecule has 3 heteroatoms. The van der Waals surface area contributed by atoms with Gasteiger partial charge < -0.3 is 10.6 Å². The fourth-order valence-corrected chi connectivity index (χ4v) is 1.53. The van der Waals surface area contributed by atoms with E-state index in [0.717, 1.165) is 5.56 Å². The van der Waals surface area contributed by atoms with Crippen LogP contribution in [0.5, 0.6) is 0 Å². The van der Waals surface area contributed by atoms with Gasteiger partial charge in [0.15, 0.2) is 0 Å². The molecule has 0 radical (unpaired) electrons. The first-order valence-corrected chi connectivity index (χ1v) is 5.47. The molecule has 0 atom stereocenters. The number of carbonyl (C=O) groups excluding carboxylic acids is 1. The molecule has 2 N–H and O–H groups in total. The number of rotatable bonds is 4. The molecule has 0 saturated carbocycles. The second-order valence-electron chi connectivity index (χ2n) is 4.73. The molecule has 88 valence electrons. The Morgan fingerprint density at radius 1 is 1.31 bits per heavy atom. The molecule has 16 heavy (non-hydrogen) atoms. The van der Waals surface area contributed by atoms with Crippen molar-refractivity contribution in [1.82, 2.24) is 4.90 Å². The van der Waals surface area contributed by atoms with Gasteiger partial charge in [0.05, 0.1) is 5.41 Å². The first kappa shape index (κ1) is 12.7. The molecule has 0 aromatic heterocycles. The maximum absolute atomic E-state index is 12.0. The topological polar surface area (TPSA) is 46.3 Å². The summed E-state index contributed by atoms with van der Waals surface area (Å²) in [7, 11) is 1.81. The highest BCUT2D eigenvalue weighted by Crippen LogP contribution is 2.17. The van der Waals surface area contributed by atoms with Crippen molar-refractivity contribution in [2.24, 2.45) is 11.1 Å². The first-order valence-electron chi connectivity index (χ1n) is 5.47. The highest BCUT2D eigenvalue weighted by atomic mass is 16.2. The van der Waals surface area contributed by atoms with Crippen molar-refractivity contribution in [1.29, 1.82) is 0 Å². The normalized spacial score (nSPS) is 11.2. The Morgan fingerprint density at radius 2 is 1.88 bits per heavy atom. The third-order valence-electron chi connectivity index (χ3n) is 2.70. The van der Waals surface area contributed by atoms with Crippen LogP contribution in [0.15, 0.2) is 30.3 Å². The van der Waals surface area contributed by atoms with Crippen molar-refractivity contribution in [2.45, 2.75) is 20.4 Å². The Morgan fingerprint density at radius 3 is 2.38 bits per heavy atom. The maximum Gasteiger partial charge on any atom is 0.229 e. The quantitative estimate of drug-likeness (QED) is 0.838. The molecule has 0 heterocycles.